The van der Waals surface area contributed by atoms with Crippen LogP contribution in [0.25, 0.3) is 0 Å². The van der Waals surface area contributed by atoms with Gasteiger partial charge in [-0.1, -0.05) is 20.3 Å². The van der Waals surface area contributed by atoms with Gasteiger partial charge in [-0.15, -0.1) is 0 Å². The summed E-state index contributed by atoms with van der Waals surface area (Å²) in [5.74, 6) is 0. The van der Waals surface area contributed by atoms with Crippen molar-refractivity contribution in [2.24, 2.45) is 5.73 Å². The third-order valence-electron chi connectivity index (χ3n) is 1.69. The predicted octanol–water partition coefficient (Wildman–Crippen LogP) is 0.681. The molecule has 0 aliphatic rings. The maximum absolute atomic E-state index is 10.1. The van der Waals surface area contributed by atoms with E-state index < -0.39 is 0 Å². The first kappa shape index (κ1) is 11.6. The molecular formula is C9H20N2O. The number of unbranched alkanes of at least 4 members (excludes halogenated alkanes) is 1. The van der Waals surface area contributed by atoms with Gasteiger partial charge in [-0.05, 0) is 19.4 Å². The number of aldehydes is 1. The molecule has 72 valence electrons. The van der Waals surface area contributed by atoms with E-state index in [0.717, 1.165) is 32.1 Å². The molecule has 0 radical (unpaired) electrons. The van der Waals surface area contributed by atoms with Gasteiger partial charge in [-0.3, -0.25) is 0 Å². The molecule has 0 heterocycles. The lowest BCUT2D eigenvalue weighted by atomic mass is 10.1. The molecule has 0 aromatic carbocycles. The van der Waals surface area contributed by atoms with E-state index in [9.17, 15) is 4.79 Å². The minimum atomic E-state index is -0.260. The molecule has 0 aromatic rings. The number of hydrogen-bond donors (Lipinski definition) is 2. The molecule has 0 saturated carbocycles. The van der Waals surface area contributed by atoms with E-state index in [1.165, 1.54) is 0 Å². The van der Waals surface area contributed by atoms with Crippen LogP contribution in [0, 0.1) is 0 Å². The van der Waals surface area contributed by atoms with Crippen LogP contribution >= 0.6 is 0 Å². The number of hydrogen-bond acceptors (Lipinski definition) is 3. The molecular weight excluding hydrogens is 152 g/mol. The SMILES string of the molecule is CC(C)NCCCCC(N)C=O. The summed E-state index contributed by atoms with van der Waals surface area (Å²) in [6.45, 7) is 5.26. The molecule has 3 N–H and O–H groups in total. The van der Waals surface area contributed by atoms with Crippen molar-refractivity contribution in [1.82, 2.24) is 5.32 Å². The van der Waals surface area contributed by atoms with Crippen molar-refractivity contribution < 1.29 is 4.79 Å². The summed E-state index contributed by atoms with van der Waals surface area (Å²) in [5.41, 5.74) is 5.43. The number of nitrogens with one attached hydrogen (secondary N) is 1. The number of nitrogens with two attached hydrogens (primary N) is 1. The normalized spacial score (nSPS) is 13.3. The van der Waals surface area contributed by atoms with Crippen molar-refractivity contribution in [2.45, 2.75) is 45.2 Å². The molecule has 0 aromatic heterocycles. The monoisotopic (exact) mass is 172 g/mol. The van der Waals surface area contributed by atoms with Crippen LogP contribution in [0.4, 0.5) is 0 Å². The van der Waals surface area contributed by atoms with Crippen LogP contribution in [0.5, 0.6) is 0 Å². The van der Waals surface area contributed by atoms with E-state index in [4.69, 9.17) is 5.73 Å². The molecule has 3 heteroatoms. The summed E-state index contributed by atoms with van der Waals surface area (Å²) >= 11 is 0. The molecule has 0 rings (SSSR count). The topological polar surface area (TPSA) is 55.1 Å². The third-order valence-corrected chi connectivity index (χ3v) is 1.69. The summed E-state index contributed by atoms with van der Waals surface area (Å²) in [6.07, 6.45) is 3.75. The van der Waals surface area contributed by atoms with Gasteiger partial charge in [0.05, 0.1) is 6.04 Å². The molecule has 0 bridgehead atoms. The lowest BCUT2D eigenvalue weighted by Gasteiger charge is -2.07. The highest BCUT2D eigenvalue weighted by atomic mass is 16.1. The number of carbonyl (C=O) groups is 1. The van der Waals surface area contributed by atoms with Gasteiger partial charge in [0.15, 0.2) is 0 Å². The van der Waals surface area contributed by atoms with E-state index in [2.05, 4.69) is 19.2 Å². The van der Waals surface area contributed by atoms with Crippen LogP contribution in [0.3, 0.4) is 0 Å². The van der Waals surface area contributed by atoms with Crippen molar-refractivity contribution >= 4 is 6.29 Å². The van der Waals surface area contributed by atoms with Crippen LogP contribution in [0.2, 0.25) is 0 Å². The lowest BCUT2D eigenvalue weighted by Crippen LogP contribution is -2.25. The van der Waals surface area contributed by atoms with Crippen molar-refractivity contribution in [2.75, 3.05) is 6.54 Å². The van der Waals surface area contributed by atoms with Gasteiger partial charge in [0.1, 0.15) is 6.29 Å². The maximum atomic E-state index is 10.1. The Morgan fingerprint density at radius 3 is 2.58 bits per heavy atom. The molecule has 1 unspecified atom stereocenters. The van der Waals surface area contributed by atoms with Crippen molar-refractivity contribution in [3.05, 3.63) is 0 Å². The average molecular weight is 172 g/mol. The smallest absolute Gasteiger partial charge is 0.136 e. The van der Waals surface area contributed by atoms with E-state index >= 15 is 0 Å². The van der Waals surface area contributed by atoms with Crippen molar-refractivity contribution in [3.63, 3.8) is 0 Å². The van der Waals surface area contributed by atoms with E-state index in [-0.39, 0.29) is 6.04 Å². The highest BCUT2D eigenvalue weighted by Crippen LogP contribution is 1.96. The van der Waals surface area contributed by atoms with Gasteiger partial charge >= 0.3 is 0 Å². The Kier molecular flexibility index (Phi) is 7.00. The zero-order valence-electron chi connectivity index (χ0n) is 8.05. The Morgan fingerprint density at radius 2 is 2.08 bits per heavy atom. The van der Waals surface area contributed by atoms with Gasteiger partial charge in [0.25, 0.3) is 0 Å². The van der Waals surface area contributed by atoms with Crippen LogP contribution < -0.4 is 11.1 Å². The van der Waals surface area contributed by atoms with E-state index in [1.807, 2.05) is 0 Å². The second-order valence-electron chi connectivity index (χ2n) is 3.40. The largest absolute Gasteiger partial charge is 0.322 e. The van der Waals surface area contributed by atoms with Crippen molar-refractivity contribution in [1.29, 1.82) is 0 Å². The second-order valence-corrected chi connectivity index (χ2v) is 3.40. The van der Waals surface area contributed by atoms with Crippen molar-refractivity contribution in [3.8, 4) is 0 Å². The molecule has 3 nitrogen and oxygen atoms in total. The molecule has 0 aliphatic carbocycles. The maximum Gasteiger partial charge on any atom is 0.136 e. The highest BCUT2D eigenvalue weighted by Gasteiger charge is 1.98. The molecule has 1 atom stereocenters. The number of carbonyl (C=O) groups excluding carboxylic acids is 1. The second kappa shape index (κ2) is 7.25. The van der Waals surface area contributed by atoms with Crippen LogP contribution in [-0.4, -0.2) is 24.9 Å². The summed E-state index contributed by atoms with van der Waals surface area (Å²) in [4.78, 5) is 10.1. The number of rotatable bonds is 7. The van der Waals surface area contributed by atoms with Crippen LogP contribution in [0.1, 0.15) is 33.1 Å². The van der Waals surface area contributed by atoms with Gasteiger partial charge in [-0.2, -0.15) is 0 Å². The van der Waals surface area contributed by atoms with Gasteiger partial charge < -0.3 is 15.8 Å². The molecule has 0 spiro atoms. The van der Waals surface area contributed by atoms with Gasteiger partial charge in [-0.25, -0.2) is 0 Å². The standard InChI is InChI=1S/C9H20N2O/c1-8(2)11-6-4-3-5-9(10)7-12/h7-9,11H,3-6,10H2,1-2H3. The fourth-order valence-electron chi connectivity index (χ4n) is 0.964. The Morgan fingerprint density at radius 1 is 1.42 bits per heavy atom. The first-order chi connectivity index (χ1) is 5.66. The average Bonchev–Trinajstić information content (AvgIpc) is 2.03. The molecule has 0 amide bonds. The molecule has 0 saturated heterocycles. The third kappa shape index (κ3) is 7.69. The van der Waals surface area contributed by atoms with Crippen LogP contribution in [0.15, 0.2) is 0 Å². The van der Waals surface area contributed by atoms with Crippen LogP contribution in [-0.2, 0) is 4.79 Å². The summed E-state index contributed by atoms with van der Waals surface area (Å²) in [6, 6.07) is 0.286. The Hall–Kier alpha value is -0.410. The fraction of sp³-hybridized carbons (Fsp3) is 0.889. The Balaban J connectivity index is 3.05. The van der Waals surface area contributed by atoms with Gasteiger partial charge in [0, 0.05) is 6.04 Å². The zero-order valence-corrected chi connectivity index (χ0v) is 8.05. The summed E-state index contributed by atoms with van der Waals surface area (Å²) in [7, 11) is 0. The molecule has 12 heavy (non-hydrogen) atoms. The quantitative estimate of drug-likeness (QED) is 0.438. The Bertz CT molecular complexity index is 115. The van der Waals surface area contributed by atoms with E-state index in [0.29, 0.717) is 6.04 Å². The fourth-order valence-corrected chi connectivity index (χ4v) is 0.964. The minimum Gasteiger partial charge on any atom is -0.322 e. The van der Waals surface area contributed by atoms with E-state index in [1.54, 1.807) is 0 Å². The molecule has 0 aliphatic heterocycles. The van der Waals surface area contributed by atoms with Gasteiger partial charge in [0.2, 0.25) is 0 Å². The highest BCUT2D eigenvalue weighted by molar-refractivity contribution is 5.56. The minimum absolute atomic E-state index is 0.260. The first-order valence-electron chi connectivity index (χ1n) is 4.61. The lowest BCUT2D eigenvalue weighted by molar-refractivity contribution is -0.109. The summed E-state index contributed by atoms with van der Waals surface area (Å²) in [5, 5.41) is 3.31. The predicted molar refractivity (Wildman–Crippen MR) is 51.0 cm³/mol. The molecule has 0 fully saturated rings. The first-order valence-corrected chi connectivity index (χ1v) is 4.61. The summed E-state index contributed by atoms with van der Waals surface area (Å²) < 4.78 is 0. The zero-order chi connectivity index (χ0) is 9.40. The Labute approximate surface area is 74.7 Å².